The minimum atomic E-state index is -0.471. The number of alkyl carbamates (subject to hydrolysis) is 1. The lowest BCUT2D eigenvalue weighted by Gasteiger charge is -2.37. The van der Waals surface area contributed by atoms with Crippen LogP contribution in [0.5, 0.6) is 0 Å². The number of carbonyl (C=O) groups is 1. The molecule has 2 saturated carbocycles. The van der Waals surface area contributed by atoms with Gasteiger partial charge in [0.05, 0.1) is 12.4 Å². The van der Waals surface area contributed by atoms with Crippen LogP contribution in [0.15, 0.2) is 36.7 Å². The van der Waals surface area contributed by atoms with Crippen LogP contribution in [0.4, 0.5) is 16.4 Å². The Morgan fingerprint density at radius 2 is 1.30 bits per heavy atom. The highest BCUT2D eigenvalue weighted by Gasteiger charge is 2.32. The summed E-state index contributed by atoms with van der Waals surface area (Å²) >= 11 is 0. The third-order valence-corrected chi connectivity index (χ3v) is 7.68. The van der Waals surface area contributed by atoms with Crippen LogP contribution in [0.3, 0.4) is 0 Å². The van der Waals surface area contributed by atoms with E-state index in [0.29, 0.717) is 30.0 Å². The van der Waals surface area contributed by atoms with E-state index in [2.05, 4.69) is 75.9 Å². The van der Waals surface area contributed by atoms with Gasteiger partial charge in [-0.3, -0.25) is 0 Å². The number of fused-ring (bicyclic) bond motifs is 2. The van der Waals surface area contributed by atoms with Gasteiger partial charge in [-0.15, -0.1) is 12.4 Å². The smallest absolute Gasteiger partial charge is 0.407 e. The van der Waals surface area contributed by atoms with Crippen molar-refractivity contribution in [1.29, 1.82) is 0 Å². The molecule has 2 fully saturated rings. The Bertz CT molecular complexity index is 1550. The normalized spacial score (nSPS) is 21.1. The Balaban J connectivity index is 0.000000206. The average molecular weight is 627 g/mol. The summed E-state index contributed by atoms with van der Waals surface area (Å²) in [5.74, 6) is 2.72. The number of carbonyl (C=O) groups excluding carboxylic acids is 1. The van der Waals surface area contributed by atoms with E-state index < -0.39 is 5.60 Å². The molecule has 0 radical (unpaired) electrons. The molecule has 0 saturated heterocycles. The Morgan fingerprint density at radius 1 is 0.841 bits per heavy atom. The third kappa shape index (κ3) is 8.09. The molecule has 2 aliphatic carbocycles. The third-order valence-electron chi connectivity index (χ3n) is 7.68. The number of nitrogens with zero attached hydrogens (tertiary/aromatic N) is 6. The SMILES string of the molecule is CC(C)c1cc(NC2CC(N)C2)n2nccc2n1.CC(C)c1cc(NC2CC(NC(=O)OC(C)(C)C)C2)n2nccc2n1.Cl. The van der Waals surface area contributed by atoms with E-state index in [9.17, 15) is 4.79 Å². The molecule has 5 N–H and O–H groups in total. The van der Waals surface area contributed by atoms with Gasteiger partial charge in [-0.05, 0) is 58.3 Å². The van der Waals surface area contributed by atoms with Crippen molar-refractivity contribution >= 4 is 41.4 Å². The lowest BCUT2D eigenvalue weighted by atomic mass is 9.87. The van der Waals surface area contributed by atoms with Gasteiger partial charge in [0, 0.05) is 59.8 Å². The fourth-order valence-electron chi connectivity index (χ4n) is 5.19. The van der Waals surface area contributed by atoms with Gasteiger partial charge >= 0.3 is 6.09 Å². The number of aromatic nitrogens is 6. The molecular formula is C31H47ClN10O2. The predicted molar refractivity (Wildman–Crippen MR) is 176 cm³/mol. The highest BCUT2D eigenvalue weighted by molar-refractivity contribution is 5.85. The highest BCUT2D eigenvalue weighted by atomic mass is 35.5. The molecule has 1 amide bonds. The van der Waals surface area contributed by atoms with Gasteiger partial charge in [0.25, 0.3) is 0 Å². The van der Waals surface area contributed by atoms with E-state index in [1.807, 2.05) is 41.9 Å². The van der Waals surface area contributed by atoms with Crippen molar-refractivity contribution in [3.05, 3.63) is 48.0 Å². The molecule has 2 aliphatic rings. The summed E-state index contributed by atoms with van der Waals surface area (Å²) in [6, 6.07) is 9.25. The van der Waals surface area contributed by atoms with E-state index in [1.165, 1.54) is 0 Å². The molecular weight excluding hydrogens is 580 g/mol. The minimum Gasteiger partial charge on any atom is -0.444 e. The topological polar surface area (TPSA) is 149 Å². The molecule has 13 heteroatoms. The van der Waals surface area contributed by atoms with Crippen LogP contribution in [0.1, 0.15) is 97.4 Å². The molecule has 0 unspecified atom stereocenters. The Kier molecular flexibility index (Phi) is 10.2. The van der Waals surface area contributed by atoms with Crippen LogP contribution in [-0.4, -0.2) is 65.1 Å². The fourth-order valence-corrected chi connectivity index (χ4v) is 5.19. The van der Waals surface area contributed by atoms with Crippen molar-refractivity contribution in [2.45, 2.75) is 116 Å². The van der Waals surface area contributed by atoms with Gasteiger partial charge in [0.2, 0.25) is 0 Å². The van der Waals surface area contributed by atoms with Gasteiger partial charge < -0.3 is 26.4 Å². The van der Waals surface area contributed by atoms with Crippen LogP contribution in [0, 0.1) is 0 Å². The fraction of sp³-hybridized carbons (Fsp3) is 0.581. The van der Waals surface area contributed by atoms with Gasteiger partial charge in [-0.2, -0.15) is 19.2 Å². The Morgan fingerprint density at radius 3 is 1.70 bits per heavy atom. The molecule has 44 heavy (non-hydrogen) atoms. The number of hydrogen-bond donors (Lipinski definition) is 4. The van der Waals surface area contributed by atoms with Gasteiger partial charge in [0.1, 0.15) is 17.2 Å². The number of anilines is 2. The first-order chi connectivity index (χ1) is 20.3. The van der Waals surface area contributed by atoms with Crippen molar-refractivity contribution < 1.29 is 9.53 Å². The van der Waals surface area contributed by atoms with Crippen LogP contribution in [0.2, 0.25) is 0 Å². The summed E-state index contributed by atoms with van der Waals surface area (Å²) in [5, 5.41) is 18.6. The molecule has 240 valence electrons. The summed E-state index contributed by atoms with van der Waals surface area (Å²) < 4.78 is 8.97. The maximum Gasteiger partial charge on any atom is 0.407 e. The maximum absolute atomic E-state index is 11.8. The summed E-state index contributed by atoms with van der Waals surface area (Å²) in [4.78, 5) is 21.0. The second-order valence-corrected chi connectivity index (χ2v) is 13.4. The van der Waals surface area contributed by atoms with Crippen molar-refractivity contribution in [2.24, 2.45) is 5.73 Å². The molecule has 4 heterocycles. The zero-order chi connectivity index (χ0) is 30.9. The number of rotatable bonds is 7. The number of nitrogens with two attached hydrogens (primary N) is 1. The van der Waals surface area contributed by atoms with Crippen LogP contribution in [0.25, 0.3) is 11.3 Å². The minimum absolute atomic E-state index is 0. The van der Waals surface area contributed by atoms with Crippen molar-refractivity contribution in [2.75, 3.05) is 10.6 Å². The Labute approximate surface area is 265 Å². The number of nitrogens with one attached hydrogen (secondary N) is 3. The summed E-state index contributed by atoms with van der Waals surface area (Å²) in [5.41, 5.74) is 9.22. The highest BCUT2D eigenvalue weighted by Crippen LogP contribution is 2.27. The molecule has 4 aromatic rings. The second kappa shape index (κ2) is 13.6. The van der Waals surface area contributed by atoms with Gasteiger partial charge in [-0.25, -0.2) is 14.8 Å². The second-order valence-electron chi connectivity index (χ2n) is 13.4. The van der Waals surface area contributed by atoms with Crippen molar-refractivity contribution in [3.63, 3.8) is 0 Å². The van der Waals surface area contributed by atoms with Gasteiger partial charge in [0.15, 0.2) is 11.3 Å². The number of amides is 1. The monoisotopic (exact) mass is 626 g/mol. The predicted octanol–water partition coefficient (Wildman–Crippen LogP) is 5.50. The van der Waals surface area contributed by atoms with E-state index in [-0.39, 0.29) is 24.5 Å². The van der Waals surface area contributed by atoms with E-state index in [4.69, 9.17) is 10.5 Å². The first-order valence-corrected chi connectivity index (χ1v) is 15.3. The first kappa shape index (κ1) is 33.3. The molecule has 0 aromatic carbocycles. The molecule has 4 aromatic heterocycles. The van der Waals surface area contributed by atoms with Crippen LogP contribution >= 0.6 is 12.4 Å². The molecule has 0 atom stereocenters. The van der Waals surface area contributed by atoms with E-state index in [0.717, 1.165) is 60.0 Å². The number of ether oxygens (including phenoxy) is 1. The molecule has 6 rings (SSSR count). The summed E-state index contributed by atoms with van der Waals surface area (Å²) in [7, 11) is 0. The standard InChI is InChI=1S/C18H27N5O2.C13H19N5.ClH/c1-11(2)14-10-16(23-15(22-14)6-7-19-23)20-12-8-13(9-12)21-17(24)25-18(3,4)5;1-8(2)11-7-13(16-10-5-9(14)6-10)18-12(17-11)3-4-15-18;/h6-7,10-13,20H,8-9H2,1-5H3,(H,21,24);3-4,7-10,16H,5-6,14H2,1-2H3;1H. The van der Waals surface area contributed by atoms with E-state index >= 15 is 0 Å². The molecule has 0 bridgehead atoms. The molecule has 0 spiro atoms. The van der Waals surface area contributed by atoms with Crippen molar-refractivity contribution in [1.82, 2.24) is 34.5 Å². The largest absolute Gasteiger partial charge is 0.444 e. The summed E-state index contributed by atoms with van der Waals surface area (Å²) in [6.45, 7) is 14.1. The maximum atomic E-state index is 11.8. The average Bonchev–Trinajstić information content (AvgIpc) is 3.55. The lowest BCUT2D eigenvalue weighted by molar-refractivity contribution is 0.0475. The van der Waals surface area contributed by atoms with Crippen molar-refractivity contribution in [3.8, 4) is 0 Å². The summed E-state index contributed by atoms with van der Waals surface area (Å²) in [6.07, 6.45) is 6.97. The number of hydrogen-bond acceptors (Lipinski definition) is 9. The van der Waals surface area contributed by atoms with Crippen LogP contribution < -0.4 is 21.7 Å². The molecule has 12 nitrogen and oxygen atoms in total. The van der Waals surface area contributed by atoms with Crippen LogP contribution in [-0.2, 0) is 4.74 Å². The Hall–Kier alpha value is -3.64. The zero-order valence-electron chi connectivity index (χ0n) is 26.7. The molecule has 0 aliphatic heterocycles. The van der Waals surface area contributed by atoms with Gasteiger partial charge in [-0.1, -0.05) is 27.7 Å². The number of halogens is 1. The van der Waals surface area contributed by atoms with E-state index in [1.54, 1.807) is 12.4 Å². The first-order valence-electron chi connectivity index (χ1n) is 15.3. The zero-order valence-corrected chi connectivity index (χ0v) is 27.6. The lowest BCUT2D eigenvalue weighted by Crippen LogP contribution is -2.50. The quantitative estimate of drug-likeness (QED) is 0.209.